The Kier molecular flexibility index (Phi) is 7.11. The number of piperidine rings is 1. The molecule has 0 amide bonds. The Hall–Kier alpha value is -2.32. The second kappa shape index (κ2) is 9.75. The second-order valence-corrected chi connectivity index (χ2v) is 7.40. The monoisotopic (exact) mass is 392 g/mol. The van der Waals surface area contributed by atoms with Crippen LogP contribution in [-0.2, 0) is 29.0 Å². The van der Waals surface area contributed by atoms with Crippen LogP contribution in [0.25, 0.3) is 0 Å². The highest BCUT2D eigenvalue weighted by Gasteiger charge is 2.28. The lowest BCUT2D eigenvalue weighted by Gasteiger charge is -2.33. The number of esters is 1. The summed E-state index contributed by atoms with van der Waals surface area (Å²) in [6.45, 7) is 5.83. The van der Waals surface area contributed by atoms with Gasteiger partial charge in [-0.25, -0.2) is 9.48 Å². The quantitative estimate of drug-likeness (QED) is 0.330. The molecule has 9 nitrogen and oxygen atoms in total. The lowest BCUT2D eigenvalue weighted by molar-refractivity contribution is -0.149. The Morgan fingerprint density at radius 2 is 2.18 bits per heavy atom. The third-order valence-corrected chi connectivity index (χ3v) is 5.41. The van der Waals surface area contributed by atoms with Gasteiger partial charge in [0, 0.05) is 46.2 Å². The predicted molar refractivity (Wildman–Crippen MR) is 106 cm³/mol. The van der Waals surface area contributed by atoms with E-state index in [9.17, 15) is 9.59 Å². The van der Waals surface area contributed by atoms with Gasteiger partial charge in [-0.2, -0.15) is 5.10 Å². The maximum absolute atomic E-state index is 12.4. The number of aliphatic imine (C=N–C) groups is 1. The average Bonchev–Trinajstić information content (AvgIpc) is 3.04. The van der Waals surface area contributed by atoms with Crippen molar-refractivity contribution in [3.05, 3.63) is 16.3 Å². The van der Waals surface area contributed by atoms with Crippen molar-refractivity contribution in [3.8, 4) is 0 Å². The number of carbonyl (C=O) groups is 1. The Bertz CT molecular complexity index is 753. The van der Waals surface area contributed by atoms with Crippen molar-refractivity contribution in [1.29, 1.82) is 0 Å². The first-order valence-corrected chi connectivity index (χ1v) is 10.4. The van der Waals surface area contributed by atoms with Crippen molar-refractivity contribution in [2.24, 2.45) is 10.9 Å². The number of rotatable bonds is 6. The fraction of sp³-hybridized carbons (Fsp3) is 0.789. The Balaban J connectivity index is 1.47. The summed E-state index contributed by atoms with van der Waals surface area (Å²) in [7, 11) is 1.75. The molecule has 1 fully saturated rings. The van der Waals surface area contributed by atoms with Gasteiger partial charge in [0.2, 0.25) is 0 Å². The maximum Gasteiger partial charge on any atom is 0.345 e. The largest absolute Gasteiger partial charge is 0.466 e. The molecule has 0 spiro atoms. The molecule has 156 valence electrons. The third-order valence-electron chi connectivity index (χ3n) is 5.41. The highest BCUT2D eigenvalue weighted by molar-refractivity contribution is 5.81. The van der Waals surface area contributed by atoms with Crippen molar-refractivity contribution < 1.29 is 9.53 Å². The van der Waals surface area contributed by atoms with Gasteiger partial charge >= 0.3 is 11.7 Å². The Morgan fingerprint density at radius 1 is 1.32 bits per heavy atom. The number of fused-ring (bicyclic) bond motifs is 1. The number of aromatic nitrogens is 3. The average molecular weight is 393 g/mol. The predicted octanol–water partition coefficient (Wildman–Crippen LogP) is 0.622. The molecule has 9 heteroatoms. The zero-order valence-corrected chi connectivity index (χ0v) is 17.0. The summed E-state index contributed by atoms with van der Waals surface area (Å²) in [6.07, 6.45) is 5.64. The number of guanidine groups is 1. The van der Waals surface area contributed by atoms with Gasteiger partial charge in [0.1, 0.15) is 5.82 Å². The van der Waals surface area contributed by atoms with E-state index >= 15 is 0 Å². The molecule has 0 radical (unpaired) electrons. The minimum atomic E-state index is -0.120. The SMILES string of the molecule is CCOC(=O)C1CCCN(C(=NC)NCCCn2nc3n(c2=O)CCCC3)C1. The number of nitrogens with zero attached hydrogens (tertiary/aromatic N) is 5. The van der Waals surface area contributed by atoms with Gasteiger partial charge < -0.3 is 15.0 Å². The fourth-order valence-corrected chi connectivity index (χ4v) is 3.98. The lowest BCUT2D eigenvalue weighted by atomic mass is 9.98. The van der Waals surface area contributed by atoms with Gasteiger partial charge in [-0.15, -0.1) is 0 Å². The summed E-state index contributed by atoms with van der Waals surface area (Å²) in [5.74, 6) is 1.50. The summed E-state index contributed by atoms with van der Waals surface area (Å²) in [6, 6.07) is 0. The first kappa shape index (κ1) is 20.4. The minimum Gasteiger partial charge on any atom is -0.466 e. The number of hydrogen-bond acceptors (Lipinski definition) is 5. The van der Waals surface area contributed by atoms with Crippen LogP contribution in [0, 0.1) is 5.92 Å². The highest BCUT2D eigenvalue weighted by Crippen LogP contribution is 2.18. The molecule has 1 atom stereocenters. The minimum absolute atomic E-state index is 0.00684. The molecule has 1 aromatic heterocycles. The molecule has 3 heterocycles. The van der Waals surface area contributed by atoms with Crippen LogP contribution >= 0.6 is 0 Å². The van der Waals surface area contributed by atoms with Crippen LogP contribution < -0.4 is 11.0 Å². The maximum atomic E-state index is 12.4. The van der Waals surface area contributed by atoms with E-state index in [0.717, 1.165) is 63.4 Å². The summed E-state index contributed by atoms with van der Waals surface area (Å²) in [4.78, 5) is 30.9. The van der Waals surface area contributed by atoms with Crippen molar-refractivity contribution in [2.75, 3.05) is 33.3 Å². The molecule has 3 rings (SSSR count). The van der Waals surface area contributed by atoms with Crippen LogP contribution in [-0.4, -0.2) is 64.5 Å². The molecule has 0 aromatic carbocycles. The third kappa shape index (κ3) is 4.74. The number of carbonyl (C=O) groups excluding carboxylic acids is 1. The zero-order chi connectivity index (χ0) is 19.9. The van der Waals surface area contributed by atoms with E-state index in [0.29, 0.717) is 26.2 Å². The summed E-state index contributed by atoms with van der Waals surface area (Å²) >= 11 is 0. The van der Waals surface area contributed by atoms with Crippen LogP contribution in [0.15, 0.2) is 9.79 Å². The smallest absolute Gasteiger partial charge is 0.345 e. The molecule has 0 saturated carbocycles. The van der Waals surface area contributed by atoms with Gasteiger partial charge in [0.05, 0.1) is 12.5 Å². The van der Waals surface area contributed by atoms with Crippen LogP contribution in [0.1, 0.15) is 44.9 Å². The van der Waals surface area contributed by atoms with E-state index in [4.69, 9.17) is 4.74 Å². The van der Waals surface area contributed by atoms with Crippen molar-refractivity contribution in [1.82, 2.24) is 24.6 Å². The highest BCUT2D eigenvalue weighted by atomic mass is 16.5. The molecule has 0 aliphatic carbocycles. The topological polar surface area (TPSA) is 93.8 Å². The van der Waals surface area contributed by atoms with Crippen molar-refractivity contribution in [2.45, 2.75) is 58.5 Å². The molecule has 1 aromatic rings. The number of ether oxygens (including phenoxy) is 1. The fourth-order valence-electron chi connectivity index (χ4n) is 3.98. The van der Waals surface area contributed by atoms with Crippen LogP contribution in [0.4, 0.5) is 0 Å². The van der Waals surface area contributed by atoms with Gasteiger partial charge in [0.15, 0.2) is 5.96 Å². The molecular formula is C19H32N6O3. The number of hydrogen-bond donors (Lipinski definition) is 1. The summed E-state index contributed by atoms with van der Waals surface area (Å²) in [5, 5.41) is 7.83. The number of likely N-dealkylation sites (tertiary alicyclic amines) is 1. The zero-order valence-electron chi connectivity index (χ0n) is 17.0. The Labute approximate surface area is 165 Å². The van der Waals surface area contributed by atoms with E-state index in [1.54, 1.807) is 16.3 Å². The normalized spacial score (nSPS) is 20.0. The van der Waals surface area contributed by atoms with Crippen LogP contribution in [0.2, 0.25) is 0 Å². The molecule has 1 unspecified atom stereocenters. The summed E-state index contributed by atoms with van der Waals surface area (Å²) in [5.41, 5.74) is 0.00684. The molecular weight excluding hydrogens is 360 g/mol. The van der Waals surface area contributed by atoms with E-state index in [1.165, 1.54) is 0 Å². The van der Waals surface area contributed by atoms with Gasteiger partial charge in [-0.1, -0.05) is 0 Å². The first-order chi connectivity index (χ1) is 13.6. The Morgan fingerprint density at radius 3 is 2.93 bits per heavy atom. The van der Waals surface area contributed by atoms with E-state index in [1.807, 2.05) is 6.92 Å². The lowest BCUT2D eigenvalue weighted by Crippen LogP contribution is -2.48. The number of nitrogens with one attached hydrogen (secondary N) is 1. The van der Waals surface area contributed by atoms with E-state index in [2.05, 4.69) is 20.3 Å². The van der Waals surface area contributed by atoms with Crippen LogP contribution in [0.5, 0.6) is 0 Å². The summed E-state index contributed by atoms with van der Waals surface area (Å²) < 4.78 is 8.56. The van der Waals surface area contributed by atoms with Gasteiger partial charge in [-0.3, -0.25) is 14.4 Å². The molecule has 2 aliphatic rings. The van der Waals surface area contributed by atoms with Crippen molar-refractivity contribution >= 4 is 11.9 Å². The first-order valence-electron chi connectivity index (χ1n) is 10.4. The van der Waals surface area contributed by atoms with Gasteiger partial charge in [0.25, 0.3) is 0 Å². The van der Waals surface area contributed by atoms with Crippen LogP contribution in [0.3, 0.4) is 0 Å². The number of aryl methyl sites for hydroxylation is 2. The molecule has 2 aliphatic heterocycles. The van der Waals surface area contributed by atoms with E-state index < -0.39 is 0 Å². The molecule has 1 N–H and O–H groups in total. The van der Waals surface area contributed by atoms with Crippen molar-refractivity contribution in [3.63, 3.8) is 0 Å². The molecule has 28 heavy (non-hydrogen) atoms. The molecule has 1 saturated heterocycles. The van der Waals surface area contributed by atoms with Gasteiger partial charge in [-0.05, 0) is 39.0 Å². The second-order valence-electron chi connectivity index (χ2n) is 7.40. The van der Waals surface area contributed by atoms with E-state index in [-0.39, 0.29) is 17.6 Å². The standard InChI is InChI=1S/C19H32N6O3/c1-3-28-17(26)15-8-6-11-23(14-15)18(20-2)21-10-7-13-25-19(27)24-12-5-4-9-16(24)22-25/h15H,3-14H2,1-2H3,(H,20,21). The molecule has 0 bridgehead atoms.